The Morgan fingerprint density at radius 2 is 1.26 bits per heavy atom. The average molecular weight is 663 g/mol. The second-order valence-corrected chi connectivity index (χ2v) is 13.7. The van der Waals surface area contributed by atoms with Gasteiger partial charge in [0.15, 0.2) is 0 Å². The molecule has 0 heterocycles. The molecule has 2 fully saturated rings. The zero-order chi connectivity index (χ0) is 33.7. The van der Waals surface area contributed by atoms with Gasteiger partial charge >= 0.3 is 6.11 Å². The molecule has 3 aromatic carbocycles. The number of hydrogen-bond donors (Lipinski definition) is 0. The van der Waals surface area contributed by atoms with Gasteiger partial charge in [0.2, 0.25) is 0 Å². The molecule has 0 N–H and O–H groups in total. The first-order valence-electron chi connectivity index (χ1n) is 17.3. The molecular formula is C39H45F7O. The summed E-state index contributed by atoms with van der Waals surface area (Å²) in [5, 5.41) is 0. The summed E-state index contributed by atoms with van der Waals surface area (Å²) in [7, 11) is 0. The van der Waals surface area contributed by atoms with Crippen molar-refractivity contribution < 1.29 is 35.5 Å². The molecule has 47 heavy (non-hydrogen) atoms. The van der Waals surface area contributed by atoms with Crippen LogP contribution in [0, 0.1) is 46.8 Å². The molecule has 0 unspecified atom stereocenters. The fourth-order valence-electron chi connectivity index (χ4n) is 7.90. The first-order chi connectivity index (χ1) is 22.5. The fraction of sp³-hybridized carbons (Fsp3) is 0.538. The van der Waals surface area contributed by atoms with E-state index in [2.05, 4.69) is 11.7 Å². The van der Waals surface area contributed by atoms with E-state index in [0.717, 1.165) is 68.0 Å². The maximum absolute atomic E-state index is 15.2. The molecule has 256 valence electrons. The number of hydrogen-bond acceptors (Lipinski definition) is 1. The molecule has 8 heteroatoms. The first kappa shape index (κ1) is 35.3. The van der Waals surface area contributed by atoms with E-state index in [1.54, 1.807) is 6.92 Å². The van der Waals surface area contributed by atoms with Gasteiger partial charge < -0.3 is 4.74 Å². The minimum Gasteiger partial charge on any atom is -0.429 e. The molecule has 2 aliphatic carbocycles. The lowest BCUT2D eigenvalue weighted by Gasteiger charge is -2.38. The van der Waals surface area contributed by atoms with Crippen molar-refractivity contribution in [3.8, 4) is 16.9 Å². The Balaban J connectivity index is 1.21. The van der Waals surface area contributed by atoms with E-state index in [1.807, 2.05) is 0 Å². The van der Waals surface area contributed by atoms with Crippen molar-refractivity contribution in [2.24, 2.45) is 17.8 Å². The number of benzene rings is 3. The topological polar surface area (TPSA) is 9.23 Å². The Kier molecular flexibility index (Phi) is 11.6. The molecule has 0 aromatic heterocycles. The number of halogens is 7. The highest BCUT2D eigenvalue weighted by molar-refractivity contribution is 5.65. The Morgan fingerprint density at radius 1 is 0.660 bits per heavy atom. The molecule has 3 aromatic rings. The molecular weight excluding hydrogens is 617 g/mol. The van der Waals surface area contributed by atoms with Crippen LogP contribution in [0.4, 0.5) is 30.7 Å². The molecule has 0 bridgehead atoms. The number of unbranched alkanes of at least 4 members (excludes halogenated alkanes) is 2. The second kappa shape index (κ2) is 15.5. The van der Waals surface area contributed by atoms with Crippen LogP contribution in [0.25, 0.3) is 11.1 Å². The lowest BCUT2D eigenvalue weighted by Crippen LogP contribution is -2.27. The summed E-state index contributed by atoms with van der Waals surface area (Å²) in [4.78, 5) is 0. The standard InChI is InChI=1S/C39H45F7O/c1-3-5-6-8-24-9-11-25(12-10-24)26-13-15-27(16-14-26)28-19-36(43)38(37(44)20-28)39(45,46)47-30-17-18-31(35(42)23-30)29-21-33(40)32(7-4-2)34(41)22-29/h17-27H,3-16H2,1-2H3. The van der Waals surface area contributed by atoms with Crippen molar-refractivity contribution in [3.63, 3.8) is 0 Å². The van der Waals surface area contributed by atoms with Gasteiger partial charge in [0.05, 0.1) is 0 Å². The van der Waals surface area contributed by atoms with Crippen LogP contribution in [0.3, 0.4) is 0 Å². The van der Waals surface area contributed by atoms with Gasteiger partial charge in [0.1, 0.15) is 40.4 Å². The summed E-state index contributed by atoms with van der Waals surface area (Å²) in [5.74, 6) is -4.31. The number of rotatable bonds is 12. The zero-order valence-electron chi connectivity index (χ0n) is 27.3. The molecule has 5 rings (SSSR count). The van der Waals surface area contributed by atoms with E-state index >= 15 is 17.6 Å². The second-order valence-electron chi connectivity index (χ2n) is 13.7. The summed E-state index contributed by atoms with van der Waals surface area (Å²) in [6.07, 6.45) is 9.90. The predicted molar refractivity (Wildman–Crippen MR) is 171 cm³/mol. The van der Waals surface area contributed by atoms with Crippen molar-refractivity contribution in [1.29, 1.82) is 0 Å². The predicted octanol–water partition coefficient (Wildman–Crippen LogP) is 12.8. The zero-order valence-corrected chi connectivity index (χ0v) is 27.3. The summed E-state index contributed by atoms with van der Waals surface area (Å²) in [5.41, 5.74) is -1.68. The van der Waals surface area contributed by atoms with Gasteiger partial charge in [0.25, 0.3) is 0 Å². The minimum absolute atomic E-state index is 0.114. The van der Waals surface area contributed by atoms with Gasteiger partial charge in [-0.25, -0.2) is 22.0 Å². The Hall–Kier alpha value is -3.03. The number of ether oxygens (including phenoxy) is 1. The molecule has 0 atom stereocenters. The van der Waals surface area contributed by atoms with E-state index in [9.17, 15) is 13.2 Å². The van der Waals surface area contributed by atoms with Gasteiger partial charge in [-0.3, -0.25) is 0 Å². The third kappa shape index (κ3) is 8.34. The summed E-state index contributed by atoms with van der Waals surface area (Å²) in [6.45, 7) is 3.99. The van der Waals surface area contributed by atoms with Crippen LogP contribution in [0.1, 0.15) is 120 Å². The molecule has 0 saturated heterocycles. The third-order valence-corrected chi connectivity index (χ3v) is 10.5. The molecule has 0 spiro atoms. The van der Waals surface area contributed by atoms with E-state index < -0.39 is 46.5 Å². The summed E-state index contributed by atoms with van der Waals surface area (Å²) in [6, 6.07) is 6.47. The van der Waals surface area contributed by atoms with Gasteiger partial charge in [-0.2, -0.15) is 8.78 Å². The molecule has 2 aliphatic rings. The summed E-state index contributed by atoms with van der Waals surface area (Å²) >= 11 is 0. The van der Waals surface area contributed by atoms with Crippen LogP contribution >= 0.6 is 0 Å². The maximum atomic E-state index is 15.2. The Labute approximate surface area is 273 Å². The van der Waals surface area contributed by atoms with Crippen molar-refractivity contribution in [3.05, 3.63) is 88.2 Å². The SMILES string of the molecule is CCCCCC1CCC(C2CCC(c3cc(F)c(C(F)(F)Oc4ccc(-c5cc(F)c(CCC)c(F)c5)c(F)c4)c(F)c3)CC2)CC1. The average Bonchev–Trinajstić information content (AvgIpc) is 3.02. The molecule has 0 radical (unpaired) electrons. The fourth-order valence-corrected chi connectivity index (χ4v) is 7.90. The van der Waals surface area contributed by atoms with E-state index in [4.69, 9.17) is 0 Å². The van der Waals surface area contributed by atoms with E-state index in [0.29, 0.717) is 29.9 Å². The van der Waals surface area contributed by atoms with Gasteiger partial charge in [-0.1, -0.05) is 58.8 Å². The highest BCUT2D eigenvalue weighted by Crippen LogP contribution is 2.46. The minimum atomic E-state index is -4.45. The van der Waals surface area contributed by atoms with Crippen molar-refractivity contribution in [2.75, 3.05) is 0 Å². The maximum Gasteiger partial charge on any atom is 0.432 e. The molecule has 2 saturated carbocycles. The quantitative estimate of drug-likeness (QED) is 0.139. The van der Waals surface area contributed by atoms with Crippen LogP contribution in [0.2, 0.25) is 0 Å². The molecule has 0 amide bonds. The monoisotopic (exact) mass is 662 g/mol. The van der Waals surface area contributed by atoms with Gasteiger partial charge in [0, 0.05) is 17.2 Å². The number of alkyl halides is 2. The molecule has 0 aliphatic heterocycles. The highest BCUT2D eigenvalue weighted by Gasteiger charge is 2.42. The Morgan fingerprint density at radius 3 is 1.81 bits per heavy atom. The first-order valence-corrected chi connectivity index (χ1v) is 17.3. The van der Waals surface area contributed by atoms with Crippen LogP contribution in [0.15, 0.2) is 42.5 Å². The van der Waals surface area contributed by atoms with Gasteiger partial charge in [-0.05, 0) is 116 Å². The van der Waals surface area contributed by atoms with Crippen LogP contribution < -0.4 is 4.74 Å². The lowest BCUT2D eigenvalue weighted by atomic mass is 9.68. The van der Waals surface area contributed by atoms with Crippen LogP contribution in [-0.2, 0) is 12.5 Å². The van der Waals surface area contributed by atoms with Crippen molar-refractivity contribution in [1.82, 2.24) is 0 Å². The Bertz CT molecular complexity index is 1460. The van der Waals surface area contributed by atoms with E-state index in [-0.39, 0.29) is 29.0 Å². The van der Waals surface area contributed by atoms with Gasteiger partial charge in [-0.15, -0.1) is 0 Å². The highest BCUT2D eigenvalue weighted by atomic mass is 19.3. The van der Waals surface area contributed by atoms with Crippen LogP contribution in [0.5, 0.6) is 5.75 Å². The third-order valence-electron chi connectivity index (χ3n) is 10.5. The van der Waals surface area contributed by atoms with Crippen molar-refractivity contribution in [2.45, 2.75) is 116 Å². The molecule has 1 nitrogen and oxygen atoms in total. The lowest BCUT2D eigenvalue weighted by molar-refractivity contribution is -0.189. The smallest absolute Gasteiger partial charge is 0.429 e. The summed E-state index contributed by atoms with van der Waals surface area (Å²) < 4.78 is 109. The van der Waals surface area contributed by atoms with E-state index in [1.165, 1.54) is 51.4 Å². The largest absolute Gasteiger partial charge is 0.432 e. The van der Waals surface area contributed by atoms with Crippen LogP contribution in [-0.4, -0.2) is 0 Å². The normalized spacial score (nSPS) is 22.0. The van der Waals surface area contributed by atoms with Crippen molar-refractivity contribution >= 4 is 0 Å².